The minimum Gasteiger partial charge on any atom is -0.366 e. The van der Waals surface area contributed by atoms with Gasteiger partial charge in [-0.15, -0.1) is 0 Å². The van der Waals surface area contributed by atoms with E-state index < -0.39 is 5.91 Å². The summed E-state index contributed by atoms with van der Waals surface area (Å²) in [7, 11) is 1.84. The maximum atomic E-state index is 11.1. The molecule has 1 spiro atoms. The minimum atomic E-state index is -0.391. The average molecular weight is 300 g/mol. The monoisotopic (exact) mass is 300 g/mol. The van der Waals surface area contributed by atoms with E-state index in [1.165, 1.54) is 25.7 Å². The molecule has 22 heavy (non-hydrogen) atoms. The summed E-state index contributed by atoms with van der Waals surface area (Å²) in [5.41, 5.74) is 7.48. The molecule has 0 atom stereocenters. The molecule has 1 amide bonds. The van der Waals surface area contributed by atoms with Crippen molar-refractivity contribution in [1.82, 2.24) is 10.2 Å². The number of benzene rings is 1. The van der Waals surface area contributed by atoms with Crippen LogP contribution in [-0.4, -0.2) is 36.9 Å². The van der Waals surface area contributed by atoms with Gasteiger partial charge in [0.25, 0.3) is 0 Å². The molecule has 2 fully saturated rings. The quantitative estimate of drug-likeness (QED) is 0.660. The Balaban J connectivity index is 1.56. The molecule has 0 radical (unpaired) electrons. The third-order valence-electron chi connectivity index (χ3n) is 5.05. The van der Waals surface area contributed by atoms with Crippen LogP contribution in [0.25, 0.3) is 0 Å². The number of nitrogens with one attached hydrogen (secondary N) is 1. The van der Waals surface area contributed by atoms with E-state index >= 15 is 0 Å². The van der Waals surface area contributed by atoms with Crippen LogP contribution >= 0.6 is 0 Å². The Morgan fingerprint density at radius 1 is 1.32 bits per heavy atom. The Morgan fingerprint density at radius 3 is 2.55 bits per heavy atom. The first-order valence-corrected chi connectivity index (χ1v) is 7.96. The molecular weight excluding hydrogens is 276 g/mol. The lowest BCUT2D eigenvalue weighted by molar-refractivity contribution is 0.100. The summed E-state index contributed by atoms with van der Waals surface area (Å²) in [4.78, 5) is 17.9. The molecule has 2 aliphatic rings. The second-order valence-electron chi connectivity index (χ2n) is 6.49. The lowest BCUT2D eigenvalue weighted by Crippen LogP contribution is -2.42. The molecule has 1 aliphatic heterocycles. The molecule has 0 bridgehead atoms. The Hall–Kier alpha value is -2.04. The SMILES string of the molecule is CN=C(NCc1ccc(C(N)=O)cc1)N1CCC2(CCC2)C1. The standard InChI is InChI=1S/C17H24N4O/c1-19-16(21-10-9-17(12-21)7-2-8-17)20-11-13-3-5-14(6-4-13)15(18)22/h3-6H,2,7-12H2,1H3,(H2,18,22)(H,19,20). The number of primary amides is 1. The summed E-state index contributed by atoms with van der Waals surface area (Å²) in [5, 5.41) is 3.42. The fourth-order valence-electron chi connectivity index (χ4n) is 3.50. The smallest absolute Gasteiger partial charge is 0.248 e. The lowest BCUT2D eigenvalue weighted by atomic mass is 9.68. The van der Waals surface area contributed by atoms with E-state index in [4.69, 9.17) is 5.73 Å². The first kappa shape index (κ1) is 14.9. The maximum absolute atomic E-state index is 11.1. The van der Waals surface area contributed by atoms with Crippen molar-refractivity contribution in [1.29, 1.82) is 0 Å². The zero-order valence-corrected chi connectivity index (χ0v) is 13.1. The summed E-state index contributed by atoms with van der Waals surface area (Å²) in [6, 6.07) is 7.39. The first-order valence-electron chi connectivity index (χ1n) is 7.96. The van der Waals surface area contributed by atoms with E-state index in [1.54, 1.807) is 12.1 Å². The number of nitrogens with two attached hydrogens (primary N) is 1. The second-order valence-corrected chi connectivity index (χ2v) is 6.49. The van der Waals surface area contributed by atoms with Crippen molar-refractivity contribution < 1.29 is 4.79 Å². The van der Waals surface area contributed by atoms with Gasteiger partial charge in [0.15, 0.2) is 5.96 Å². The van der Waals surface area contributed by atoms with Crippen LogP contribution in [0.1, 0.15) is 41.6 Å². The van der Waals surface area contributed by atoms with Crippen molar-refractivity contribution >= 4 is 11.9 Å². The zero-order valence-electron chi connectivity index (χ0n) is 13.1. The highest BCUT2D eigenvalue weighted by Gasteiger charge is 2.43. The van der Waals surface area contributed by atoms with Gasteiger partial charge in [0.05, 0.1) is 0 Å². The normalized spacial score (nSPS) is 20.0. The van der Waals surface area contributed by atoms with Crippen LogP contribution in [0, 0.1) is 5.41 Å². The number of carbonyl (C=O) groups excluding carboxylic acids is 1. The molecule has 1 aromatic rings. The summed E-state index contributed by atoms with van der Waals surface area (Å²) in [6.45, 7) is 2.93. The molecule has 1 heterocycles. The molecule has 5 heteroatoms. The van der Waals surface area contributed by atoms with E-state index in [-0.39, 0.29) is 0 Å². The van der Waals surface area contributed by atoms with Gasteiger partial charge in [-0.3, -0.25) is 9.79 Å². The lowest BCUT2D eigenvalue weighted by Gasteiger charge is -2.38. The minimum absolute atomic E-state index is 0.391. The maximum Gasteiger partial charge on any atom is 0.248 e. The van der Waals surface area contributed by atoms with Crippen molar-refractivity contribution in [2.75, 3.05) is 20.1 Å². The van der Waals surface area contributed by atoms with Gasteiger partial charge in [0, 0.05) is 32.2 Å². The number of aliphatic imine (C=N–C) groups is 1. The molecule has 3 rings (SSSR count). The van der Waals surface area contributed by atoms with Gasteiger partial charge in [-0.25, -0.2) is 0 Å². The van der Waals surface area contributed by atoms with Gasteiger partial charge in [-0.05, 0) is 42.4 Å². The molecule has 1 aliphatic carbocycles. The molecule has 3 N–H and O–H groups in total. The summed E-state index contributed by atoms with van der Waals surface area (Å²) in [6.07, 6.45) is 5.41. The zero-order chi connectivity index (χ0) is 15.6. The number of guanidine groups is 1. The van der Waals surface area contributed by atoms with Gasteiger partial charge in [-0.1, -0.05) is 18.6 Å². The van der Waals surface area contributed by atoms with E-state index in [0.717, 1.165) is 24.6 Å². The number of hydrogen-bond acceptors (Lipinski definition) is 2. The van der Waals surface area contributed by atoms with Gasteiger partial charge in [-0.2, -0.15) is 0 Å². The number of rotatable bonds is 3. The van der Waals surface area contributed by atoms with Crippen LogP contribution in [0.5, 0.6) is 0 Å². The van der Waals surface area contributed by atoms with Crippen molar-refractivity contribution in [2.24, 2.45) is 16.1 Å². The summed E-state index contributed by atoms with van der Waals surface area (Å²) < 4.78 is 0. The topological polar surface area (TPSA) is 70.7 Å². The number of carbonyl (C=O) groups is 1. The number of likely N-dealkylation sites (tertiary alicyclic amines) is 1. The molecule has 0 unspecified atom stereocenters. The van der Waals surface area contributed by atoms with E-state index in [0.29, 0.717) is 17.5 Å². The molecule has 1 saturated heterocycles. The van der Waals surface area contributed by atoms with Crippen molar-refractivity contribution in [3.63, 3.8) is 0 Å². The second kappa shape index (κ2) is 5.99. The summed E-state index contributed by atoms with van der Waals surface area (Å²) >= 11 is 0. The predicted octanol–water partition coefficient (Wildman–Crippen LogP) is 1.74. The van der Waals surface area contributed by atoms with Crippen LogP contribution in [-0.2, 0) is 6.54 Å². The fourth-order valence-corrected chi connectivity index (χ4v) is 3.50. The molecule has 1 saturated carbocycles. The highest BCUT2D eigenvalue weighted by atomic mass is 16.1. The Bertz CT molecular complexity index is 575. The van der Waals surface area contributed by atoms with Crippen LogP contribution < -0.4 is 11.1 Å². The van der Waals surface area contributed by atoms with Crippen molar-refractivity contribution in [3.05, 3.63) is 35.4 Å². The van der Waals surface area contributed by atoms with Crippen LogP contribution in [0.15, 0.2) is 29.3 Å². The first-order chi connectivity index (χ1) is 10.6. The number of amides is 1. The van der Waals surface area contributed by atoms with Gasteiger partial charge in [0.1, 0.15) is 0 Å². The molecule has 0 aromatic heterocycles. The molecule has 5 nitrogen and oxygen atoms in total. The average Bonchev–Trinajstić information content (AvgIpc) is 2.94. The van der Waals surface area contributed by atoms with Crippen LogP contribution in [0.3, 0.4) is 0 Å². The van der Waals surface area contributed by atoms with Crippen LogP contribution in [0.2, 0.25) is 0 Å². The molecule has 118 valence electrons. The van der Waals surface area contributed by atoms with Crippen LogP contribution in [0.4, 0.5) is 0 Å². The van der Waals surface area contributed by atoms with Crippen molar-refractivity contribution in [3.8, 4) is 0 Å². The number of nitrogens with zero attached hydrogens (tertiary/aromatic N) is 2. The van der Waals surface area contributed by atoms with E-state index in [2.05, 4.69) is 15.2 Å². The Kier molecular flexibility index (Phi) is 4.05. The highest BCUT2D eigenvalue weighted by molar-refractivity contribution is 5.92. The van der Waals surface area contributed by atoms with Gasteiger partial charge >= 0.3 is 0 Å². The molecular formula is C17H24N4O. The Morgan fingerprint density at radius 2 is 2.05 bits per heavy atom. The predicted molar refractivity (Wildman–Crippen MR) is 87.6 cm³/mol. The summed E-state index contributed by atoms with van der Waals surface area (Å²) in [5.74, 6) is 0.584. The van der Waals surface area contributed by atoms with E-state index in [9.17, 15) is 4.79 Å². The largest absolute Gasteiger partial charge is 0.366 e. The third-order valence-corrected chi connectivity index (χ3v) is 5.05. The Labute approximate surface area is 131 Å². The fraction of sp³-hybridized carbons (Fsp3) is 0.529. The highest BCUT2D eigenvalue weighted by Crippen LogP contribution is 2.47. The molecule has 1 aromatic carbocycles. The van der Waals surface area contributed by atoms with E-state index in [1.807, 2.05) is 19.2 Å². The van der Waals surface area contributed by atoms with Gasteiger partial charge < -0.3 is 16.0 Å². The number of hydrogen-bond donors (Lipinski definition) is 2. The third kappa shape index (κ3) is 2.93. The van der Waals surface area contributed by atoms with Gasteiger partial charge in [0.2, 0.25) is 5.91 Å². The van der Waals surface area contributed by atoms with Crippen molar-refractivity contribution in [2.45, 2.75) is 32.2 Å².